The molecule has 1 saturated heterocycles. The highest BCUT2D eigenvalue weighted by molar-refractivity contribution is 5.97. The van der Waals surface area contributed by atoms with Crippen LogP contribution in [0.5, 0.6) is 0 Å². The summed E-state index contributed by atoms with van der Waals surface area (Å²) in [6.45, 7) is 4.27. The van der Waals surface area contributed by atoms with E-state index >= 15 is 0 Å². The fourth-order valence-corrected chi connectivity index (χ4v) is 3.81. The van der Waals surface area contributed by atoms with Crippen LogP contribution >= 0.6 is 0 Å². The second-order valence-corrected chi connectivity index (χ2v) is 7.47. The number of carbonyl (C=O) groups excluding carboxylic acids is 2. The zero-order chi connectivity index (χ0) is 19.5. The van der Waals surface area contributed by atoms with Crippen molar-refractivity contribution in [2.75, 3.05) is 33.2 Å². The maximum atomic E-state index is 13.1. The molecule has 1 fully saturated rings. The van der Waals surface area contributed by atoms with Gasteiger partial charge in [0.25, 0.3) is 11.8 Å². The first-order valence-electron chi connectivity index (χ1n) is 9.88. The van der Waals surface area contributed by atoms with Crippen LogP contribution in [0.15, 0.2) is 24.5 Å². The van der Waals surface area contributed by atoms with Crippen LogP contribution < -0.4 is 5.32 Å². The van der Waals surface area contributed by atoms with Gasteiger partial charge in [0.15, 0.2) is 5.82 Å². The van der Waals surface area contributed by atoms with Crippen LogP contribution in [0.4, 0.5) is 0 Å². The second kappa shape index (κ2) is 8.10. The topological polar surface area (TPSA) is 83.4 Å². The fraction of sp³-hybridized carbons (Fsp3) is 0.500. The Morgan fingerprint density at radius 1 is 1.07 bits per heavy atom. The largest absolute Gasteiger partial charge is 0.347 e. The molecular weight excluding hydrogens is 356 g/mol. The number of nitrogens with one attached hydrogen (secondary N) is 1. The summed E-state index contributed by atoms with van der Waals surface area (Å²) in [7, 11) is 2.06. The van der Waals surface area contributed by atoms with E-state index in [9.17, 15) is 9.59 Å². The third kappa shape index (κ3) is 3.77. The highest BCUT2D eigenvalue weighted by atomic mass is 16.2. The number of nitrogens with zero attached hydrogens (tertiary/aromatic N) is 5. The van der Waals surface area contributed by atoms with Crippen molar-refractivity contribution in [2.45, 2.75) is 32.4 Å². The highest BCUT2D eigenvalue weighted by Gasteiger charge is 2.30. The van der Waals surface area contributed by atoms with Crippen molar-refractivity contribution in [3.63, 3.8) is 0 Å². The van der Waals surface area contributed by atoms with Crippen LogP contribution in [0.3, 0.4) is 0 Å². The van der Waals surface area contributed by atoms with E-state index in [2.05, 4.69) is 27.2 Å². The first-order chi connectivity index (χ1) is 13.6. The van der Waals surface area contributed by atoms with Crippen molar-refractivity contribution in [3.05, 3.63) is 47.3 Å². The molecule has 2 amide bonds. The molecule has 4 heterocycles. The molecule has 148 valence electrons. The van der Waals surface area contributed by atoms with Gasteiger partial charge in [-0.1, -0.05) is 0 Å². The van der Waals surface area contributed by atoms with E-state index in [1.165, 1.54) is 0 Å². The van der Waals surface area contributed by atoms with E-state index in [-0.39, 0.29) is 11.8 Å². The molecule has 0 aromatic carbocycles. The normalized spacial score (nSPS) is 17.2. The van der Waals surface area contributed by atoms with Crippen LogP contribution in [0.1, 0.15) is 45.2 Å². The minimum Gasteiger partial charge on any atom is -0.347 e. The number of rotatable bonds is 4. The Balaban J connectivity index is 1.54. The Bertz CT molecular complexity index is 855. The Morgan fingerprint density at radius 2 is 1.82 bits per heavy atom. The first kappa shape index (κ1) is 18.6. The zero-order valence-corrected chi connectivity index (χ0v) is 16.2. The van der Waals surface area contributed by atoms with Gasteiger partial charge in [-0.25, -0.2) is 4.98 Å². The number of hydrogen-bond acceptors (Lipinski definition) is 5. The molecule has 2 aliphatic rings. The second-order valence-electron chi connectivity index (χ2n) is 7.47. The van der Waals surface area contributed by atoms with Crippen molar-refractivity contribution in [3.8, 4) is 0 Å². The maximum absolute atomic E-state index is 13.1. The Kier molecular flexibility index (Phi) is 5.38. The first-order valence-corrected chi connectivity index (χ1v) is 9.88. The summed E-state index contributed by atoms with van der Waals surface area (Å²) in [5, 5.41) is 2.93. The number of likely N-dealkylation sites (N-methyl/N-ethyl adjacent to an activating group) is 1. The number of hydrogen-bond donors (Lipinski definition) is 1. The predicted molar refractivity (Wildman–Crippen MR) is 104 cm³/mol. The molecule has 2 aliphatic heterocycles. The van der Waals surface area contributed by atoms with Gasteiger partial charge >= 0.3 is 0 Å². The van der Waals surface area contributed by atoms with E-state index in [4.69, 9.17) is 0 Å². The van der Waals surface area contributed by atoms with Gasteiger partial charge in [-0.05, 0) is 44.0 Å². The lowest BCUT2D eigenvalue weighted by atomic mass is 10.1. The van der Waals surface area contributed by atoms with Crippen molar-refractivity contribution in [2.24, 2.45) is 0 Å². The van der Waals surface area contributed by atoms with Gasteiger partial charge in [-0.2, -0.15) is 0 Å². The maximum Gasteiger partial charge on any atom is 0.289 e. The number of pyridine rings is 1. The molecule has 8 heteroatoms. The summed E-state index contributed by atoms with van der Waals surface area (Å²) in [6, 6.07) is 3.73. The van der Waals surface area contributed by atoms with Crippen LogP contribution in [0.2, 0.25) is 0 Å². The summed E-state index contributed by atoms with van der Waals surface area (Å²) >= 11 is 0. The summed E-state index contributed by atoms with van der Waals surface area (Å²) in [5.74, 6) is 0.123. The van der Waals surface area contributed by atoms with Crippen LogP contribution in [-0.4, -0.2) is 69.4 Å². The molecule has 0 spiro atoms. The molecule has 2 aromatic heterocycles. The minimum atomic E-state index is -0.222. The van der Waals surface area contributed by atoms with Crippen molar-refractivity contribution in [1.82, 2.24) is 29.7 Å². The summed E-state index contributed by atoms with van der Waals surface area (Å²) in [6.07, 6.45) is 6.20. The monoisotopic (exact) mass is 382 g/mol. The van der Waals surface area contributed by atoms with E-state index in [1.54, 1.807) is 12.4 Å². The number of aromatic nitrogens is 3. The molecule has 1 N–H and O–H groups in total. The Hall–Kier alpha value is -2.74. The number of piperazine rings is 1. The van der Waals surface area contributed by atoms with Crippen LogP contribution in [0.25, 0.3) is 0 Å². The summed E-state index contributed by atoms with van der Waals surface area (Å²) in [4.78, 5) is 38.5. The highest BCUT2D eigenvalue weighted by Crippen LogP contribution is 2.22. The molecule has 0 bridgehead atoms. The van der Waals surface area contributed by atoms with Crippen molar-refractivity contribution >= 4 is 11.8 Å². The molecule has 0 atom stereocenters. The van der Waals surface area contributed by atoms with Gasteiger partial charge in [-0.3, -0.25) is 14.6 Å². The minimum absolute atomic E-state index is 0.0653. The lowest BCUT2D eigenvalue weighted by molar-refractivity contribution is 0.0645. The molecule has 0 saturated carbocycles. The molecule has 28 heavy (non-hydrogen) atoms. The van der Waals surface area contributed by atoms with Crippen LogP contribution in [-0.2, 0) is 19.5 Å². The van der Waals surface area contributed by atoms with Gasteiger partial charge in [0, 0.05) is 51.7 Å². The zero-order valence-electron chi connectivity index (χ0n) is 16.2. The SMILES string of the molecule is CN1CCN(C(=O)c2nc(C(=O)NCc3ccncc3)c3n2CCCC3)CC1. The van der Waals surface area contributed by atoms with E-state index in [0.717, 1.165) is 50.2 Å². The number of carbonyl (C=O) groups is 2. The van der Waals surface area contributed by atoms with Gasteiger partial charge in [0.1, 0.15) is 5.69 Å². The number of imidazole rings is 1. The smallest absolute Gasteiger partial charge is 0.289 e. The third-order valence-corrected chi connectivity index (χ3v) is 5.52. The number of fused-ring (bicyclic) bond motifs is 1. The van der Waals surface area contributed by atoms with Gasteiger partial charge in [-0.15, -0.1) is 0 Å². The molecule has 0 radical (unpaired) electrons. The third-order valence-electron chi connectivity index (χ3n) is 5.52. The molecule has 4 rings (SSSR count). The van der Waals surface area contributed by atoms with E-state index < -0.39 is 0 Å². The summed E-state index contributed by atoms with van der Waals surface area (Å²) < 4.78 is 1.96. The lowest BCUT2D eigenvalue weighted by Crippen LogP contribution is -2.47. The molecule has 0 aliphatic carbocycles. The Morgan fingerprint density at radius 3 is 2.57 bits per heavy atom. The standard InChI is InChI=1S/C20H26N6O2/c1-24-10-12-25(13-11-24)20(28)18-23-17(16-4-2-3-9-26(16)18)19(27)22-14-15-5-7-21-8-6-15/h5-8H,2-4,9-14H2,1H3,(H,22,27). The summed E-state index contributed by atoms with van der Waals surface area (Å²) in [5.41, 5.74) is 2.26. The van der Waals surface area contributed by atoms with Gasteiger partial charge in [0.05, 0.1) is 5.69 Å². The molecule has 0 unspecified atom stereocenters. The Labute approximate surface area is 164 Å². The average Bonchev–Trinajstić information content (AvgIpc) is 3.13. The molecule has 2 aromatic rings. The average molecular weight is 382 g/mol. The quantitative estimate of drug-likeness (QED) is 0.851. The van der Waals surface area contributed by atoms with Crippen molar-refractivity contribution < 1.29 is 9.59 Å². The van der Waals surface area contributed by atoms with Gasteiger partial charge < -0.3 is 19.7 Å². The predicted octanol–water partition coefficient (Wildman–Crippen LogP) is 0.932. The van der Waals surface area contributed by atoms with Crippen LogP contribution in [0, 0.1) is 0 Å². The molecule has 8 nitrogen and oxygen atoms in total. The van der Waals surface area contributed by atoms with E-state index in [0.29, 0.717) is 31.2 Å². The molecular formula is C20H26N6O2. The van der Waals surface area contributed by atoms with Gasteiger partial charge in [0.2, 0.25) is 0 Å². The fourth-order valence-electron chi connectivity index (χ4n) is 3.81. The lowest BCUT2D eigenvalue weighted by Gasteiger charge is -2.32. The van der Waals surface area contributed by atoms with Crippen molar-refractivity contribution in [1.29, 1.82) is 0 Å². The van der Waals surface area contributed by atoms with E-state index in [1.807, 2.05) is 21.6 Å². The number of amides is 2.